The summed E-state index contributed by atoms with van der Waals surface area (Å²) in [5.41, 5.74) is 5.54. The Kier molecular flexibility index (Phi) is 5.86. The zero-order valence-corrected chi connectivity index (χ0v) is 17.6. The summed E-state index contributed by atoms with van der Waals surface area (Å²) in [7, 11) is 0. The fraction of sp³-hybridized carbons (Fsp3) is 0.125. The van der Waals surface area contributed by atoms with E-state index in [1.807, 2.05) is 73.8 Å². The van der Waals surface area contributed by atoms with Crippen molar-refractivity contribution in [1.29, 1.82) is 0 Å². The quantitative estimate of drug-likeness (QED) is 0.451. The third-order valence-corrected chi connectivity index (χ3v) is 5.26. The van der Waals surface area contributed by atoms with E-state index in [2.05, 4.69) is 21.4 Å². The summed E-state index contributed by atoms with van der Waals surface area (Å²) < 4.78 is 5.64. The van der Waals surface area contributed by atoms with Crippen LogP contribution in [-0.2, 0) is 4.79 Å². The Morgan fingerprint density at radius 2 is 1.83 bits per heavy atom. The van der Waals surface area contributed by atoms with E-state index in [9.17, 15) is 4.79 Å². The van der Waals surface area contributed by atoms with Crippen molar-refractivity contribution < 1.29 is 9.53 Å². The number of carbonyl (C=O) groups excluding carboxylic acids is 1. The van der Waals surface area contributed by atoms with Crippen molar-refractivity contribution in [3.63, 3.8) is 0 Å². The second-order valence-electron chi connectivity index (χ2n) is 6.99. The molecule has 0 aliphatic heterocycles. The van der Waals surface area contributed by atoms with Gasteiger partial charge in [-0.3, -0.25) is 9.78 Å². The Morgan fingerprint density at radius 1 is 1.00 bits per heavy atom. The molecule has 0 fully saturated rings. The van der Waals surface area contributed by atoms with E-state index in [1.165, 1.54) is 0 Å². The lowest BCUT2D eigenvalue weighted by Gasteiger charge is -2.09. The van der Waals surface area contributed by atoms with Gasteiger partial charge in [0.05, 0.1) is 11.4 Å². The fourth-order valence-corrected chi connectivity index (χ4v) is 3.94. The minimum absolute atomic E-state index is 0.0480. The number of aromatic nitrogens is 2. The minimum atomic E-state index is -0.209. The zero-order valence-electron chi connectivity index (χ0n) is 16.8. The minimum Gasteiger partial charge on any atom is -0.484 e. The maximum atomic E-state index is 12.3. The highest BCUT2D eigenvalue weighted by Crippen LogP contribution is 2.29. The van der Waals surface area contributed by atoms with Gasteiger partial charge < -0.3 is 10.1 Å². The van der Waals surface area contributed by atoms with Crippen LogP contribution in [0, 0.1) is 13.8 Å². The van der Waals surface area contributed by atoms with Gasteiger partial charge in [0.1, 0.15) is 10.8 Å². The number of benzene rings is 2. The van der Waals surface area contributed by atoms with Gasteiger partial charge in [-0.2, -0.15) is 0 Å². The monoisotopic (exact) mass is 415 g/mol. The molecule has 0 saturated carbocycles. The Hall–Kier alpha value is -3.51. The van der Waals surface area contributed by atoms with Crippen molar-refractivity contribution in [2.24, 2.45) is 0 Å². The lowest BCUT2D eigenvalue weighted by molar-refractivity contribution is -0.118. The van der Waals surface area contributed by atoms with Gasteiger partial charge in [0.25, 0.3) is 5.91 Å². The van der Waals surface area contributed by atoms with Crippen LogP contribution in [0.1, 0.15) is 11.1 Å². The molecule has 1 amide bonds. The number of pyridine rings is 1. The van der Waals surface area contributed by atoms with Crippen molar-refractivity contribution in [2.75, 3.05) is 11.9 Å². The number of aryl methyl sites for hydroxylation is 2. The Morgan fingerprint density at radius 3 is 2.60 bits per heavy atom. The van der Waals surface area contributed by atoms with Gasteiger partial charge >= 0.3 is 0 Å². The van der Waals surface area contributed by atoms with Gasteiger partial charge in [0.2, 0.25) is 0 Å². The molecule has 2 aromatic heterocycles. The molecule has 6 heteroatoms. The molecule has 2 heterocycles. The van der Waals surface area contributed by atoms with Crippen LogP contribution in [0.25, 0.3) is 22.0 Å². The van der Waals surface area contributed by atoms with Gasteiger partial charge in [-0.15, -0.1) is 11.3 Å². The van der Waals surface area contributed by atoms with Crippen LogP contribution in [-0.4, -0.2) is 22.5 Å². The van der Waals surface area contributed by atoms with E-state index in [-0.39, 0.29) is 12.5 Å². The molecular weight excluding hydrogens is 394 g/mol. The summed E-state index contributed by atoms with van der Waals surface area (Å²) in [6, 6.07) is 19.3. The van der Waals surface area contributed by atoms with Crippen molar-refractivity contribution in [1.82, 2.24) is 9.97 Å². The van der Waals surface area contributed by atoms with Gasteiger partial charge in [0.15, 0.2) is 6.61 Å². The first kappa shape index (κ1) is 19.8. The first-order valence-corrected chi connectivity index (χ1v) is 10.4. The molecule has 0 unspecified atom stereocenters. The van der Waals surface area contributed by atoms with Crippen LogP contribution in [0.4, 0.5) is 5.69 Å². The van der Waals surface area contributed by atoms with Gasteiger partial charge in [0, 0.05) is 22.8 Å². The third-order valence-electron chi connectivity index (χ3n) is 4.40. The van der Waals surface area contributed by atoms with Crippen LogP contribution >= 0.6 is 11.3 Å². The number of hydrogen-bond acceptors (Lipinski definition) is 5. The van der Waals surface area contributed by atoms with Crippen molar-refractivity contribution in [3.8, 4) is 27.7 Å². The third kappa shape index (κ3) is 4.90. The predicted molar refractivity (Wildman–Crippen MR) is 121 cm³/mol. The maximum absolute atomic E-state index is 12.3. The Balaban J connectivity index is 1.42. The molecule has 0 bridgehead atoms. The summed E-state index contributed by atoms with van der Waals surface area (Å²) in [5.74, 6) is 0.486. The molecule has 150 valence electrons. The molecule has 5 nitrogen and oxygen atoms in total. The second-order valence-corrected chi connectivity index (χ2v) is 7.85. The van der Waals surface area contributed by atoms with Gasteiger partial charge in [-0.05, 0) is 61.4 Å². The second kappa shape index (κ2) is 8.88. The van der Waals surface area contributed by atoms with Crippen molar-refractivity contribution in [2.45, 2.75) is 13.8 Å². The number of amides is 1. The largest absolute Gasteiger partial charge is 0.484 e. The molecule has 2 aromatic carbocycles. The first-order valence-electron chi connectivity index (χ1n) is 9.55. The molecule has 0 saturated heterocycles. The molecule has 0 aliphatic rings. The number of thiazole rings is 1. The van der Waals surface area contributed by atoms with Crippen LogP contribution in [0.5, 0.6) is 5.75 Å². The topological polar surface area (TPSA) is 64.1 Å². The van der Waals surface area contributed by atoms with Crippen molar-refractivity contribution >= 4 is 22.9 Å². The molecule has 4 aromatic rings. The number of anilines is 1. The predicted octanol–water partition coefficient (Wildman–Crippen LogP) is 5.51. The van der Waals surface area contributed by atoms with E-state index in [0.29, 0.717) is 11.4 Å². The maximum Gasteiger partial charge on any atom is 0.262 e. The van der Waals surface area contributed by atoms with Gasteiger partial charge in [-0.25, -0.2) is 4.98 Å². The average Bonchev–Trinajstić information content (AvgIpc) is 3.23. The van der Waals surface area contributed by atoms with Crippen LogP contribution < -0.4 is 10.1 Å². The van der Waals surface area contributed by atoms with E-state index in [1.54, 1.807) is 17.5 Å². The molecule has 0 atom stereocenters. The smallest absolute Gasteiger partial charge is 0.262 e. The zero-order chi connectivity index (χ0) is 20.9. The van der Waals surface area contributed by atoms with E-state index >= 15 is 0 Å². The summed E-state index contributed by atoms with van der Waals surface area (Å²) in [4.78, 5) is 21.4. The number of nitrogens with zero attached hydrogens (tertiary/aromatic N) is 2. The summed E-state index contributed by atoms with van der Waals surface area (Å²) >= 11 is 1.54. The van der Waals surface area contributed by atoms with Crippen LogP contribution in [0.3, 0.4) is 0 Å². The summed E-state index contributed by atoms with van der Waals surface area (Å²) in [6.07, 6.45) is 1.76. The molecule has 4 rings (SSSR count). The normalized spacial score (nSPS) is 10.6. The van der Waals surface area contributed by atoms with E-state index < -0.39 is 0 Å². The van der Waals surface area contributed by atoms with E-state index in [0.717, 1.165) is 33.1 Å². The molecule has 30 heavy (non-hydrogen) atoms. The number of hydrogen-bond donors (Lipinski definition) is 1. The number of nitrogens with one attached hydrogen (secondary N) is 1. The van der Waals surface area contributed by atoms with E-state index in [4.69, 9.17) is 4.74 Å². The lowest BCUT2D eigenvalue weighted by atomic mass is 10.1. The molecule has 1 N–H and O–H groups in total. The number of carbonyl (C=O) groups is 1. The summed E-state index contributed by atoms with van der Waals surface area (Å²) in [6.45, 7) is 3.96. The lowest BCUT2D eigenvalue weighted by Crippen LogP contribution is -2.20. The molecular formula is C24H21N3O2S. The molecule has 0 spiro atoms. The van der Waals surface area contributed by atoms with Gasteiger partial charge in [-0.1, -0.05) is 24.3 Å². The summed E-state index contributed by atoms with van der Waals surface area (Å²) in [5, 5.41) is 5.75. The van der Waals surface area contributed by atoms with Crippen LogP contribution in [0.2, 0.25) is 0 Å². The Bertz CT molecular complexity index is 1150. The molecule has 0 radical (unpaired) electrons. The standard InChI is InChI=1S/C24H21N3O2S/c1-16-10-17(2)12-20(11-16)29-14-23(28)26-19-7-5-6-18(13-19)22-15-30-24(27-22)21-8-3-4-9-25-21/h3-13,15H,14H2,1-2H3,(H,26,28). The highest BCUT2D eigenvalue weighted by Gasteiger charge is 2.09. The average molecular weight is 416 g/mol. The highest BCUT2D eigenvalue weighted by molar-refractivity contribution is 7.13. The number of rotatable bonds is 6. The highest BCUT2D eigenvalue weighted by atomic mass is 32.1. The van der Waals surface area contributed by atoms with Crippen molar-refractivity contribution in [3.05, 3.63) is 83.4 Å². The fourth-order valence-electron chi connectivity index (χ4n) is 3.13. The SMILES string of the molecule is Cc1cc(C)cc(OCC(=O)Nc2cccc(-c3csc(-c4ccccn4)n3)c2)c1. The Labute approximate surface area is 179 Å². The van der Waals surface area contributed by atoms with Crippen LogP contribution in [0.15, 0.2) is 72.2 Å². The molecule has 0 aliphatic carbocycles. The first-order chi connectivity index (χ1) is 14.6. The number of ether oxygens (including phenoxy) is 1.